The van der Waals surface area contributed by atoms with Crippen LogP contribution >= 0.6 is 11.8 Å². The zero-order valence-corrected chi connectivity index (χ0v) is 13.5. The molecule has 5 nitrogen and oxygen atoms in total. The largest absolute Gasteiger partial charge is 0.326 e. The molecule has 1 aromatic carbocycles. The van der Waals surface area contributed by atoms with E-state index >= 15 is 0 Å². The van der Waals surface area contributed by atoms with Crippen LogP contribution in [0.5, 0.6) is 0 Å². The van der Waals surface area contributed by atoms with E-state index < -0.39 is 0 Å². The first kappa shape index (κ1) is 15.6. The Kier molecular flexibility index (Phi) is 4.62. The Morgan fingerprint density at radius 3 is 2.61 bits per heavy atom. The van der Waals surface area contributed by atoms with E-state index in [0.29, 0.717) is 12.3 Å². The Morgan fingerprint density at radius 2 is 1.96 bits per heavy atom. The smallest absolute Gasteiger partial charge is 0.234 e. The molecule has 0 aliphatic carbocycles. The molecule has 0 radical (unpaired) electrons. The van der Waals surface area contributed by atoms with Crippen molar-refractivity contribution in [2.75, 3.05) is 11.1 Å². The van der Waals surface area contributed by atoms with Gasteiger partial charge in [-0.3, -0.25) is 14.6 Å². The van der Waals surface area contributed by atoms with Crippen molar-refractivity contribution >= 4 is 29.3 Å². The number of aromatic nitrogens is 1. The fourth-order valence-corrected chi connectivity index (χ4v) is 3.71. The number of thioether (sulfide) groups is 1. The number of nitrogens with zero attached hydrogens (tertiary/aromatic N) is 2. The number of benzene rings is 1. The van der Waals surface area contributed by atoms with Crippen LogP contribution < -0.4 is 5.32 Å². The normalized spacial score (nSPS) is 17.3. The Bertz CT molecular complexity index is 704. The zero-order valence-electron chi connectivity index (χ0n) is 12.7. The molecule has 3 rings (SSSR count). The van der Waals surface area contributed by atoms with E-state index in [9.17, 15) is 9.59 Å². The van der Waals surface area contributed by atoms with Gasteiger partial charge in [-0.05, 0) is 35.4 Å². The quantitative estimate of drug-likeness (QED) is 0.938. The van der Waals surface area contributed by atoms with Crippen molar-refractivity contribution in [2.45, 2.75) is 18.8 Å². The van der Waals surface area contributed by atoms with Crippen molar-refractivity contribution in [1.82, 2.24) is 9.88 Å². The van der Waals surface area contributed by atoms with Crippen LogP contribution in [-0.2, 0) is 16.1 Å². The van der Waals surface area contributed by atoms with Gasteiger partial charge in [-0.1, -0.05) is 12.1 Å². The summed E-state index contributed by atoms with van der Waals surface area (Å²) in [7, 11) is 0. The molecule has 1 unspecified atom stereocenters. The molecule has 0 bridgehead atoms. The minimum Gasteiger partial charge on any atom is -0.326 e. The number of amides is 2. The Hall–Kier alpha value is -2.34. The highest BCUT2D eigenvalue weighted by Gasteiger charge is 2.32. The van der Waals surface area contributed by atoms with E-state index in [0.717, 1.165) is 16.8 Å². The zero-order chi connectivity index (χ0) is 16.2. The van der Waals surface area contributed by atoms with Crippen molar-refractivity contribution in [3.8, 4) is 0 Å². The summed E-state index contributed by atoms with van der Waals surface area (Å²) in [6, 6.07) is 11.5. The van der Waals surface area contributed by atoms with Crippen molar-refractivity contribution in [3.63, 3.8) is 0 Å². The predicted octanol–water partition coefficient (Wildman–Crippen LogP) is 2.81. The lowest BCUT2D eigenvalue weighted by Crippen LogP contribution is -2.27. The number of nitrogens with one attached hydrogen (secondary N) is 1. The van der Waals surface area contributed by atoms with E-state index in [1.54, 1.807) is 24.2 Å². The first-order chi connectivity index (χ1) is 11.1. The maximum absolute atomic E-state index is 12.2. The molecule has 118 valence electrons. The van der Waals surface area contributed by atoms with Crippen LogP contribution in [0.4, 0.5) is 5.69 Å². The van der Waals surface area contributed by atoms with Crippen LogP contribution in [0.1, 0.15) is 23.4 Å². The van der Waals surface area contributed by atoms with Crippen LogP contribution in [0.25, 0.3) is 0 Å². The molecular formula is C17H17N3O2S. The summed E-state index contributed by atoms with van der Waals surface area (Å²) in [5.74, 6) is 0.536. The van der Waals surface area contributed by atoms with Crippen molar-refractivity contribution in [2.24, 2.45) is 0 Å². The lowest BCUT2D eigenvalue weighted by Gasteiger charge is -2.24. The lowest BCUT2D eigenvalue weighted by atomic mass is 10.1. The third kappa shape index (κ3) is 3.71. The average Bonchev–Trinajstić information content (AvgIpc) is 2.90. The number of pyridine rings is 1. The fourth-order valence-electron chi connectivity index (χ4n) is 2.52. The number of hydrogen-bond donors (Lipinski definition) is 1. The fraction of sp³-hybridized carbons (Fsp3) is 0.235. The number of carbonyl (C=O) groups excluding carboxylic acids is 2. The molecule has 1 aliphatic rings. The summed E-state index contributed by atoms with van der Waals surface area (Å²) < 4.78 is 0. The molecule has 2 aromatic rings. The maximum atomic E-state index is 12.2. The second-order valence-corrected chi connectivity index (χ2v) is 6.41. The standard InChI is InChI=1S/C17H17N3O2S/c1-12(21)19-15-4-2-14(3-5-15)17-20(16(22)11-23-17)10-13-6-8-18-9-7-13/h2-9,17H,10-11H2,1H3,(H,19,21). The van der Waals surface area contributed by atoms with Crippen LogP contribution in [0.3, 0.4) is 0 Å². The summed E-state index contributed by atoms with van der Waals surface area (Å²) in [4.78, 5) is 29.2. The highest BCUT2D eigenvalue weighted by molar-refractivity contribution is 8.00. The molecule has 1 aromatic heterocycles. The molecule has 0 spiro atoms. The molecular weight excluding hydrogens is 310 g/mol. The van der Waals surface area contributed by atoms with E-state index in [1.165, 1.54) is 6.92 Å². The number of carbonyl (C=O) groups is 2. The molecule has 2 amide bonds. The van der Waals surface area contributed by atoms with Gasteiger partial charge in [0, 0.05) is 31.5 Å². The summed E-state index contributed by atoms with van der Waals surface area (Å²) in [6.07, 6.45) is 3.47. The second-order valence-electron chi connectivity index (χ2n) is 5.34. The molecule has 1 aliphatic heterocycles. The first-order valence-corrected chi connectivity index (χ1v) is 8.36. The second kappa shape index (κ2) is 6.83. The summed E-state index contributed by atoms with van der Waals surface area (Å²) in [5.41, 5.74) is 2.89. The van der Waals surface area contributed by atoms with Gasteiger partial charge in [0.05, 0.1) is 5.75 Å². The molecule has 1 fully saturated rings. The van der Waals surface area contributed by atoms with Crippen LogP contribution in [0.2, 0.25) is 0 Å². The van der Waals surface area contributed by atoms with E-state index in [4.69, 9.17) is 0 Å². The average molecular weight is 327 g/mol. The molecule has 1 N–H and O–H groups in total. The predicted molar refractivity (Wildman–Crippen MR) is 90.7 cm³/mol. The Labute approximate surface area is 139 Å². The van der Waals surface area contributed by atoms with Gasteiger partial charge in [-0.15, -0.1) is 11.8 Å². The molecule has 0 saturated carbocycles. The van der Waals surface area contributed by atoms with Crippen LogP contribution in [0.15, 0.2) is 48.8 Å². The van der Waals surface area contributed by atoms with Gasteiger partial charge in [0.2, 0.25) is 11.8 Å². The van der Waals surface area contributed by atoms with Crippen molar-refractivity contribution in [1.29, 1.82) is 0 Å². The van der Waals surface area contributed by atoms with Gasteiger partial charge < -0.3 is 10.2 Å². The van der Waals surface area contributed by atoms with Gasteiger partial charge in [0.25, 0.3) is 0 Å². The van der Waals surface area contributed by atoms with E-state index in [-0.39, 0.29) is 17.2 Å². The highest BCUT2D eigenvalue weighted by atomic mass is 32.2. The molecule has 1 atom stereocenters. The number of hydrogen-bond acceptors (Lipinski definition) is 4. The monoisotopic (exact) mass is 327 g/mol. The molecule has 1 saturated heterocycles. The van der Waals surface area contributed by atoms with Gasteiger partial charge in [0.1, 0.15) is 5.37 Å². The minimum atomic E-state index is -0.0949. The van der Waals surface area contributed by atoms with Gasteiger partial charge in [-0.25, -0.2) is 0 Å². The number of anilines is 1. The third-order valence-electron chi connectivity index (χ3n) is 3.59. The lowest BCUT2D eigenvalue weighted by molar-refractivity contribution is -0.128. The maximum Gasteiger partial charge on any atom is 0.234 e. The van der Waals surface area contributed by atoms with Crippen LogP contribution in [0, 0.1) is 0 Å². The SMILES string of the molecule is CC(=O)Nc1ccc(C2SCC(=O)N2Cc2ccncc2)cc1. The van der Waals surface area contributed by atoms with Crippen LogP contribution in [-0.4, -0.2) is 27.5 Å². The minimum absolute atomic E-state index is 0.00189. The Morgan fingerprint density at radius 1 is 1.26 bits per heavy atom. The topological polar surface area (TPSA) is 62.3 Å². The van der Waals surface area contributed by atoms with Gasteiger partial charge in [0.15, 0.2) is 0 Å². The third-order valence-corrected chi connectivity index (χ3v) is 4.84. The van der Waals surface area contributed by atoms with E-state index in [2.05, 4.69) is 10.3 Å². The van der Waals surface area contributed by atoms with Gasteiger partial charge in [-0.2, -0.15) is 0 Å². The van der Waals surface area contributed by atoms with Gasteiger partial charge >= 0.3 is 0 Å². The Balaban J connectivity index is 1.77. The summed E-state index contributed by atoms with van der Waals surface area (Å²) in [5, 5.41) is 2.75. The van der Waals surface area contributed by atoms with Crippen molar-refractivity contribution in [3.05, 3.63) is 59.9 Å². The summed E-state index contributed by atoms with van der Waals surface area (Å²) >= 11 is 1.62. The number of rotatable bonds is 4. The summed E-state index contributed by atoms with van der Waals surface area (Å²) in [6.45, 7) is 2.06. The van der Waals surface area contributed by atoms with Crippen molar-refractivity contribution < 1.29 is 9.59 Å². The first-order valence-electron chi connectivity index (χ1n) is 7.31. The molecule has 6 heteroatoms. The molecule has 23 heavy (non-hydrogen) atoms. The van der Waals surface area contributed by atoms with E-state index in [1.807, 2.05) is 41.3 Å². The highest BCUT2D eigenvalue weighted by Crippen LogP contribution is 2.39. The molecule has 2 heterocycles.